The maximum atomic E-state index is 12.5. The number of nitrogens with one attached hydrogen (secondary N) is 2. The van der Waals surface area contributed by atoms with E-state index in [1.54, 1.807) is 7.05 Å². The average molecular weight is 357 g/mol. The molecule has 0 spiro atoms. The minimum absolute atomic E-state index is 0.0717. The Kier molecular flexibility index (Phi) is 5.25. The molecule has 0 aliphatic heterocycles. The SMILES string of the molecule is CNC(=O)Cn1ccc2ccc(NC(=O)C3CCC(C(=O)O)CC3)cc21. The summed E-state index contributed by atoms with van der Waals surface area (Å²) in [6, 6.07) is 7.54. The number of amides is 2. The second kappa shape index (κ2) is 7.59. The Bertz CT molecular complexity index is 834. The zero-order valence-corrected chi connectivity index (χ0v) is 14.7. The van der Waals surface area contributed by atoms with Crippen LogP contribution in [0, 0.1) is 11.8 Å². The van der Waals surface area contributed by atoms with Crippen LogP contribution in [0.2, 0.25) is 0 Å². The molecule has 7 heteroatoms. The first-order chi connectivity index (χ1) is 12.5. The summed E-state index contributed by atoms with van der Waals surface area (Å²) in [5.41, 5.74) is 1.56. The highest BCUT2D eigenvalue weighted by Crippen LogP contribution is 2.30. The largest absolute Gasteiger partial charge is 0.481 e. The van der Waals surface area contributed by atoms with Crippen molar-refractivity contribution < 1.29 is 19.5 Å². The van der Waals surface area contributed by atoms with Crippen LogP contribution < -0.4 is 10.6 Å². The van der Waals surface area contributed by atoms with Crippen molar-refractivity contribution in [1.82, 2.24) is 9.88 Å². The quantitative estimate of drug-likeness (QED) is 0.764. The molecule has 0 unspecified atom stereocenters. The Morgan fingerprint density at radius 3 is 2.46 bits per heavy atom. The number of carbonyl (C=O) groups is 3. The molecule has 2 aromatic rings. The van der Waals surface area contributed by atoms with Crippen LogP contribution in [0.15, 0.2) is 30.5 Å². The van der Waals surface area contributed by atoms with Crippen LogP contribution in [0.5, 0.6) is 0 Å². The predicted molar refractivity (Wildman–Crippen MR) is 97.7 cm³/mol. The standard InChI is InChI=1S/C19H23N3O4/c1-20-17(23)11-22-9-8-12-6-7-15(10-16(12)22)21-18(24)13-2-4-14(5-3-13)19(25)26/h6-10,13-14H,2-5,11H2,1H3,(H,20,23)(H,21,24)(H,25,26). The Morgan fingerprint density at radius 2 is 1.81 bits per heavy atom. The molecule has 3 N–H and O–H groups in total. The second-order valence-electron chi connectivity index (χ2n) is 6.77. The van der Waals surface area contributed by atoms with E-state index >= 15 is 0 Å². The van der Waals surface area contributed by atoms with Gasteiger partial charge in [0.25, 0.3) is 0 Å². The van der Waals surface area contributed by atoms with Crippen molar-refractivity contribution in [1.29, 1.82) is 0 Å². The minimum Gasteiger partial charge on any atom is -0.481 e. The molecule has 1 heterocycles. The predicted octanol–water partition coefficient (Wildman–Crippen LogP) is 2.22. The fourth-order valence-electron chi connectivity index (χ4n) is 3.48. The number of aromatic nitrogens is 1. The number of fused-ring (bicyclic) bond motifs is 1. The summed E-state index contributed by atoms with van der Waals surface area (Å²) < 4.78 is 1.84. The van der Waals surface area contributed by atoms with Gasteiger partial charge in [-0.15, -0.1) is 0 Å². The number of carbonyl (C=O) groups excluding carboxylic acids is 2. The van der Waals surface area contributed by atoms with E-state index in [9.17, 15) is 14.4 Å². The number of nitrogens with zero attached hydrogens (tertiary/aromatic N) is 1. The third-order valence-electron chi connectivity index (χ3n) is 5.08. The normalized spacial score (nSPS) is 19.9. The molecular weight excluding hydrogens is 334 g/mol. The number of anilines is 1. The number of aliphatic carboxylic acids is 1. The highest BCUT2D eigenvalue weighted by Gasteiger charge is 2.29. The fourth-order valence-corrected chi connectivity index (χ4v) is 3.48. The number of carboxylic acids is 1. The molecule has 1 aromatic heterocycles. The number of hydrogen-bond donors (Lipinski definition) is 3. The molecule has 1 aromatic carbocycles. The highest BCUT2D eigenvalue weighted by atomic mass is 16.4. The van der Waals surface area contributed by atoms with Crippen LogP contribution in [0.25, 0.3) is 10.9 Å². The molecule has 1 fully saturated rings. The lowest BCUT2D eigenvalue weighted by molar-refractivity contribution is -0.143. The number of likely N-dealkylation sites (N-methyl/N-ethyl adjacent to an activating group) is 1. The first-order valence-corrected chi connectivity index (χ1v) is 8.81. The van der Waals surface area contributed by atoms with E-state index in [1.807, 2.05) is 35.0 Å². The van der Waals surface area contributed by atoms with Crippen molar-refractivity contribution in [2.24, 2.45) is 11.8 Å². The van der Waals surface area contributed by atoms with Crippen molar-refractivity contribution in [3.05, 3.63) is 30.5 Å². The topological polar surface area (TPSA) is 100 Å². The van der Waals surface area contributed by atoms with Gasteiger partial charge >= 0.3 is 5.97 Å². The molecule has 0 saturated heterocycles. The van der Waals surface area contributed by atoms with Crippen LogP contribution in [0.1, 0.15) is 25.7 Å². The van der Waals surface area contributed by atoms with E-state index in [4.69, 9.17) is 5.11 Å². The summed E-state index contributed by atoms with van der Waals surface area (Å²) in [5.74, 6) is -1.42. The van der Waals surface area contributed by atoms with Gasteiger partial charge in [0, 0.05) is 24.8 Å². The Hall–Kier alpha value is -2.83. The fraction of sp³-hybridized carbons (Fsp3) is 0.421. The first-order valence-electron chi connectivity index (χ1n) is 8.81. The van der Waals surface area contributed by atoms with Crippen LogP contribution in [-0.4, -0.2) is 34.5 Å². The van der Waals surface area contributed by atoms with Crippen LogP contribution >= 0.6 is 0 Å². The van der Waals surface area contributed by atoms with Crippen LogP contribution in [0.4, 0.5) is 5.69 Å². The lowest BCUT2D eigenvalue weighted by Crippen LogP contribution is -2.29. The smallest absolute Gasteiger partial charge is 0.306 e. The van der Waals surface area contributed by atoms with Crippen molar-refractivity contribution in [3.63, 3.8) is 0 Å². The average Bonchev–Trinajstić information content (AvgIpc) is 3.03. The van der Waals surface area contributed by atoms with E-state index in [1.165, 1.54) is 0 Å². The minimum atomic E-state index is -0.772. The van der Waals surface area contributed by atoms with Gasteiger partial charge in [-0.05, 0) is 49.3 Å². The Balaban J connectivity index is 1.68. The van der Waals surface area contributed by atoms with Gasteiger partial charge in [-0.1, -0.05) is 6.07 Å². The van der Waals surface area contributed by atoms with E-state index in [-0.39, 0.29) is 30.2 Å². The van der Waals surface area contributed by atoms with Gasteiger partial charge in [-0.2, -0.15) is 0 Å². The van der Waals surface area contributed by atoms with Gasteiger partial charge in [0.1, 0.15) is 6.54 Å². The van der Waals surface area contributed by atoms with Gasteiger partial charge in [0.05, 0.1) is 11.4 Å². The Labute approximate surface area is 151 Å². The summed E-state index contributed by atoms with van der Waals surface area (Å²) in [6.07, 6.45) is 4.12. The molecule has 1 aliphatic carbocycles. The summed E-state index contributed by atoms with van der Waals surface area (Å²) in [6.45, 7) is 0.219. The summed E-state index contributed by atoms with van der Waals surface area (Å²) in [5, 5.41) is 15.6. The molecule has 1 saturated carbocycles. The molecule has 2 amide bonds. The van der Waals surface area contributed by atoms with Gasteiger partial charge < -0.3 is 20.3 Å². The highest BCUT2D eigenvalue weighted by molar-refractivity contribution is 5.95. The zero-order valence-electron chi connectivity index (χ0n) is 14.7. The molecule has 1 aliphatic rings. The van der Waals surface area contributed by atoms with Crippen molar-refractivity contribution >= 4 is 34.4 Å². The summed E-state index contributed by atoms with van der Waals surface area (Å²) in [7, 11) is 1.60. The Morgan fingerprint density at radius 1 is 1.12 bits per heavy atom. The van der Waals surface area contributed by atoms with Crippen LogP contribution in [-0.2, 0) is 20.9 Å². The number of carboxylic acid groups (broad SMARTS) is 1. The number of hydrogen-bond acceptors (Lipinski definition) is 3. The van der Waals surface area contributed by atoms with E-state index in [0.29, 0.717) is 31.4 Å². The number of benzene rings is 1. The molecule has 0 radical (unpaired) electrons. The monoisotopic (exact) mass is 357 g/mol. The van der Waals surface area contributed by atoms with E-state index < -0.39 is 5.97 Å². The lowest BCUT2D eigenvalue weighted by Gasteiger charge is -2.25. The summed E-state index contributed by atoms with van der Waals surface area (Å²) in [4.78, 5) is 35.1. The number of rotatable bonds is 5. The van der Waals surface area contributed by atoms with Gasteiger partial charge in [-0.25, -0.2) is 0 Å². The zero-order chi connectivity index (χ0) is 18.7. The van der Waals surface area contributed by atoms with Crippen molar-refractivity contribution in [2.45, 2.75) is 32.2 Å². The molecule has 7 nitrogen and oxygen atoms in total. The van der Waals surface area contributed by atoms with E-state index in [0.717, 1.165) is 10.9 Å². The maximum Gasteiger partial charge on any atom is 0.306 e. The molecular formula is C19H23N3O4. The third kappa shape index (κ3) is 3.87. The van der Waals surface area contributed by atoms with Gasteiger partial charge in [0.2, 0.25) is 11.8 Å². The molecule has 0 atom stereocenters. The van der Waals surface area contributed by atoms with E-state index in [2.05, 4.69) is 10.6 Å². The van der Waals surface area contributed by atoms with Crippen molar-refractivity contribution in [2.75, 3.05) is 12.4 Å². The molecule has 26 heavy (non-hydrogen) atoms. The summed E-state index contributed by atoms with van der Waals surface area (Å²) >= 11 is 0. The first kappa shape index (κ1) is 18.0. The maximum absolute atomic E-state index is 12.5. The third-order valence-corrected chi connectivity index (χ3v) is 5.08. The van der Waals surface area contributed by atoms with Gasteiger partial charge in [0.15, 0.2) is 0 Å². The van der Waals surface area contributed by atoms with Crippen molar-refractivity contribution in [3.8, 4) is 0 Å². The van der Waals surface area contributed by atoms with Gasteiger partial charge in [-0.3, -0.25) is 14.4 Å². The lowest BCUT2D eigenvalue weighted by atomic mass is 9.81. The second-order valence-corrected chi connectivity index (χ2v) is 6.77. The van der Waals surface area contributed by atoms with Crippen LogP contribution in [0.3, 0.4) is 0 Å². The molecule has 3 rings (SSSR count). The molecule has 138 valence electrons. The molecule has 0 bridgehead atoms.